The molecule has 0 radical (unpaired) electrons. The molecule has 5 aromatic carbocycles. The first-order valence-electron chi connectivity index (χ1n) is 11.4. The van der Waals surface area contributed by atoms with Gasteiger partial charge in [-0.1, -0.05) is 96.9 Å². The number of hydrogen-bond acceptors (Lipinski definition) is 2. The maximum atomic E-state index is 6.37. The van der Waals surface area contributed by atoms with E-state index in [1.807, 2.05) is 6.07 Å². The van der Waals surface area contributed by atoms with Crippen molar-refractivity contribution in [1.29, 1.82) is 0 Å². The number of benzene rings is 5. The summed E-state index contributed by atoms with van der Waals surface area (Å²) in [7, 11) is -0.360. The minimum Gasteiger partial charge on any atom is -0.217 e. The van der Waals surface area contributed by atoms with Gasteiger partial charge < -0.3 is 0 Å². The number of hydrogen-bond donors (Lipinski definition) is 0. The van der Waals surface area contributed by atoms with E-state index >= 15 is 0 Å². The van der Waals surface area contributed by atoms with Crippen molar-refractivity contribution in [2.75, 3.05) is 0 Å². The largest absolute Gasteiger partial charge is 0.224 e. The molecule has 4 heteroatoms. The highest BCUT2D eigenvalue weighted by Gasteiger charge is 2.27. The molecule has 166 valence electrons. The third-order valence-corrected chi connectivity index (χ3v) is 8.56. The lowest BCUT2D eigenvalue weighted by Crippen LogP contribution is -1.94. The van der Waals surface area contributed by atoms with Gasteiger partial charge in [-0.2, -0.15) is 0 Å². The smallest absolute Gasteiger partial charge is 0.217 e. The summed E-state index contributed by atoms with van der Waals surface area (Å²) in [6.07, 6.45) is 0. The monoisotopic (exact) mass is 486 g/mol. The van der Waals surface area contributed by atoms with Gasteiger partial charge in [-0.05, 0) is 56.4 Å². The second-order valence-electron chi connectivity index (χ2n) is 8.71. The first kappa shape index (κ1) is 20.6. The van der Waals surface area contributed by atoms with Crippen molar-refractivity contribution in [3.05, 3.63) is 108 Å². The van der Waals surface area contributed by atoms with Gasteiger partial charge in [0.25, 0.3) is 0 Å². The van der Waals surface area contributed by atoms with Crippen molar-refractivity contribution in [2.24, 2.45) is 0 Å². The molecule has 2 heterocycles. The zero-order valence-electron chi connectivity index (χ0n) is 18.7. The fourth-order valence-electron chi connectivity index (χ4n) is 5.05. The Labute approximate surface area is 210 Å². The van der Waals surface area contributed by atoms with Crippen LogP contribution in [-0.4, -0.2) is 15.8 Å². The Hall–Kier alpha value is -3.79. The highest BCUT2D eigenvalue weighted by atomic mass is 35.5. The predicted molar refractivity (Wildman–Crippen MR) is 150 cm³/mol. The average Bonchev–Trinajstić information content (AvgIpc) is 3.19. The molecule has 0 spiro atoms. The average molecular weight is 487 g/mol. The van der Waals surface area contributed by atoms with Crippen LogP contribution in [0.1, 0.15) is 0 Å². The van der Waals surface area contributed by atoms with Crippen LogP contribution >= 0.6 is 22.1 Å². The van der Waals surface area contributed by atoms with E-state index in [4.69, 9.17) is 11.6 Å². The highest BCUT2D eigenvalue weighted by molar-refractivity contribution is 8.14. The lowest BCUT2D eigenvalue weighted by Gasteiger charge is -2.11. The van der Waals surface area contributed by atoms with Gasteiger partial charge in [0.1, 0.15) is 5.03 Å². The van der Waals surface area contributed by atoms with Gasteiger partial charge in [0.2, 0.25) is 5.28 Å². The third-order valence-electron chi connectivity index (χ3n) is 6.74. The third kappa shape index (κ3) is 3.23. The molecule has 7 rings (SSSR count). The van der Waals surface area contributed by atoms with Crippen molar-refractivity contribution in [3.8, 4) is 33.5 Å². The van der Waals surface area contributed by atoms with E-state index in [2.05, 4.69) is 113 Å². The van der Waals surface area contributed by atoms with E-state index < -0.39 is 0 Å². The summed E-state index contributed by atoms with van der Waals surface area (Å²) in [5, 5.41) is 6.25. The van der Waals surface area contributed by atoms with E-state index in [1.54, 1.807) is 0 Å². The molecular weight excluding hydrogens is 468 g/mol. The van der Waals surface area contributed by atoms with Gasteiger partial charge in [-0.15, -0.1) is 10.5 Å². The van der Waals surface area contributed by atoms with Crippen LogP contribution in [0.25, 0.3) is 55.1 Å². The van der Waals surface area contributed by atoms with Crippen LogP contribution in [-0.2, 0) is 0 Å². The van der Waals surface area contributed by atoms with Crippen LogP contribution in [0.5, 0.6) is 0 Å². The molecule has 0 aliphatic carbocycles. The van der Waals surface area contributed by atoms with E-state index in [0.29, 0.717) is 0 Å². The molecule has 0 fully saturated rings. The normalized spacial score (nSPS) is 14.3. The Bertz CT molecular complexity index is 1820. The van der Waals surface area contributed by atoms with Crippen molar-refractivity contribution in [2.45, 2.75) is 9.92 Å². The van der Waals surface area contributed by atoms with Crippen LogP contribution in [0.4, 0.5) is 0 Å². The molecule has 1 atom stereocenters. The van der Waals surface area contributed by atoms with E-state index in [0.717, 1.165) is 33.0 Å². The maximum Gasteiger partial charge on any atom is 0.224 e. The standard InChI is InChI=1S/C31H19ClN2S/c1-35-27-9-5-4-8-26(27)28-29(33-31(32)34-30(28)35)21-13-10-19(11-14-21)22-16-17-25-23(18-22)15-12-20-6-2-3-7-24(20)25/h2-18H,1H2. The van der Waals surface area contributed by atoms with Crippen molar-refractivity contribution in [3.63, 3.8) is 0 Å². The number of aromatic nitrogens is 2. The van der Waals surface area contributed by atoms with Gasteiger partial charge in [-0.25, -0.2) is 9.97 Å². The first-order valence-corrected chi connectivity index (χ1v) is 13.2. The molecule has 0 saturated heterocycles. The maximum absolute atomic E-state index is 6.37. The summed E-state index contributed by atoms with van der Waals surface area (Å²) in [6.45, 7) is 0. The minimum absolute atomic E-state index is 0.263. The van der Waals surface area contributed by atoms with Crippen LogP contribution in [0.15, 0.2) is 113 Å². The molecule has 1 aliphatic heterocycles. The lowest BCUT2D eigenvalue weighted by atomic mass is 9.96. The van der Waals surface area contributed by atoms with Crippen LogP contribution in [0.2, 0.25) is 5.28 Å². The molecule has 2 nitrogen and oxygen atoms in total. The van der Waals surface area contributed by atoms with Gasteiger partial charge in [0.15, 0.2) is 0 Å². The summed E-state index contributed by atoms with van der Waals surface area (Å²) >= 11 is 6.37. The van der Waals surface area contributed by atoms with Crippen molar-refractivity contribution >= 4 is 49.5 Å². The van der Waals surface area contributed by atoms with Crippen molar-refractivity contribution < 1.29 is 0 Å². The van der Waals surface area contributed by atoms with Crippen LogP contribution in [0.3, 0.4) is 0 Å². The topological polar surface area (TPSA) is 25.8 Å². The summed E-state index contributed by atoms with van der Waals surface area (Å²) in [4.78, 5) is 10.4. The van der Waals surface area contributed by atoms with Crippen LogP contribution in [0, 0.1) is 0 Å². The van der Waals surface area contributed by atoms with E-state index in [9.17, 15) is 0 Å². The summed E-state index contributed by atoms with van der Waals surface area (Å²) in [6, 6.07) is 36.5. The molecule has 0 amide bonds. The summed E-state index contributed by atoms with van der Waals surface area (Å²) in [5.74, 6) is 4.37. The Morgan fingerprint density at radius 1 is 0.629 bits per heavy atom. The van der Waals surface area contributed by atoms with E-state index in [1.165, 1.54) is 32.0 Å². The zero-order chi connectivity index (χ0) is 23.5. The Morgan fingerprint density at radius 2 is 1.31 bits per heavy atom. The molecule has 1 aliphatic rings. The van der Waals surface area contributed by atoms with Crippen molar-refractivity contribution in [1.82, 2.24) is 9.97 Å². The second-order valence-corrected chi connectivity index (χ2v) is 10.7. The molecule has 1 unspecified atom stereocenters. The van der Waals surface area contributed by atoms with Crippen LogP contribution < -0.4 is 0 Å². The van der Waals surface area contributed by atoms with Gasteiger partial charge in [0.05, 0.1) is 5.69 Å². The fraction of sp³-hybridized carbons (Fsp3) is 0. The van der Waals surface area contributed by atoms with Gasteiger partial charge in [-0.3, -0.25) is 0 Å². The molecule has 0 N–H and O–H groups in total. The lowest BCUT2D eigenvalue weighted by molar-refractivity contribution is 1.07. The zero-order valence-corrected chi connectivity index (χ0v) is 20.3. The Kier molecular flexibility index (Phi) is 4.63. The molecule has 1 aromatic heterocycles. The number of rotatable bonds is 2. The number of nitrogens with zero attached hydrogens (tertiary/aromatic N) is 2. The molecule has 0 bridgehead atoms. The molecular formula is C31H19ClN2S. The Balaban J connectivity index is 1.32. The quantitative estimate of drug-likeness (QED) is 0.105. The van der Waals surface area contributed by atoms with Gasteiger partial charge >= 0.3 is 0 Å². The first-order chi connectivity index (χ1) is 17.2. The summed E-state index contributed by atoms with van der Waals surface area (Å²) < 4.78 is 0. The molecule has 35 heavy (non-hydrogen) atoms. The summed E-state index contributed by atoms with van der Waals surface area (Å²) in [5.41, 5.74) is 6.44. The second kappa shape index (κ2) is 7.88. The SMILES string of the molecule is C=S1c2ccccc2-c2c(-c3ccc(-c4ccc5c(ccc6ccccc65)c4)cc3)nc(Cl)nc21. The minimum atomic E-state index is -0.360. The number of fused-ring (bicyclic) bond motifs is 6. The number of halogens is 1. The van der Waals surface area contributed by atoms with E-state index in [-0.39, 0.29) is 15.8 Å². The predicted octanol–water partition coefficient (Wildman–Crippen LogP) is 8.87. The highest BCUT2D eigenvalue weighted by Crippen LogP contribution is 2.53. The molecule has 6 aromatic rings. The molecule has 0 saturated carbocycles. The Morgan fingerprint density at radius 3 is 2.20 bits per heavy atom. The fourth-order valence-corrected chi connectivity index (χ4v) is 6.81. The van der Waals surface area contributed by atoms with Gasteiger partial charge in [0, 0.05) is 21.6 Å².